The summed E-state index contributed by atoms with van der Waals surface area (Å²) in [7, 11) is 0. The number of hydrogen-bond donors (Lipinski definition) is 1. The highest BCUT2D eigenvalue weighted by atomic mass is 79.9. The summed E-state index contributed by atoms with van der Waals surface area (Å²) in [5.41, 5.74) is 1.50. The van der Waals surface area contributed by atoms with E-state index < -0.39 is 5.97 Å². The highest BCUT2D eigenvalue weighted by Crippen LogP contribution is 2.29. The molecule has 0 aliphatic carbocycles. The zero-order valence-corrected chi connectivity index (χ0v) is 12.0. The van der Waals surface area contributed by atoms with Crippen LogP contribution in [0.15, 0.2) is 27.1 Å². The molecule has 0 fully saturated rings. The van der Waals surface area contributed by atoms with Gasteiger partial charge in [-0.25, -0.2) is 4.79 Å². The molecular weight excluding hydrogens is 314 g/mol. The summed E-state index contributed by atoms with van der Waals surface area (Å²) < 4.78 is 11.5. The number of halogens is 1. The zero-order chi connectivity index (χ0) is 14.0. The second kappa shape index (κ2) is 5.44. The third-order valence-electron chi connectivity index (χ3n) is 2.48. The van der Waals surface area contributed by atoms with Crippen molar-refractivity contribution in [1.82, 2.24) is 4.98 Å². The monoisotopic (exact) mass is 325 g/mol. The molecule has 1 heterocycles. The molecule has 0 radical (unpaired) electrons. The van der Waals surface area contributed by atoms with Gasteiger partial charge in [-0.2, -0.15) is 4.98 Å². The standard InChI is InChI=1S/C13H12BrNO4/c1-3-18-13-10(12(16)17)15-11(19-13)8-4-5-9(14)7(2)6-8/h4-6H,3H2,1-2H3,(H,16,17). The predicted octanol–water partition coefficient (Wildman–Crippen LogP) is 3.51. The normalized spacial score (nSPS) is 10.5. The van der Waals surface area contributed by atoms with E-state index in [1.807, 2.05) is 19.1 Å². The quantitative estimate of drug-likeness (QED) is 0.931. The molecule has 6 heteroatoms. The lowest BCUT2D eigenvalue weighted by molar-refractivity contribution is 0.0683. The maximum atomic E-state index is 11.1. The first-order chi connectivity index (χ1) is 9.02. The van der Waals surface area contributed by atoms with Crippen LogP contribution >= 0.6 is 15.9 Å². The summed E-state index contributed by atoms with van der Waals surface area (Å²) in [6.07, 6.45) is 0. The second-order valence-electron chi connectivity index (χ2n) is 3.86. The van der Waals surface area contributed by atoms with Gasteiger partial charge in [-0.05, 0) is 37.6 Å². The van der Waals surface area contributed by atoms with Crippen LogP contribution in [0.25, 0.3) is 11.5 Å². The van der Waals surface area contributed by atoms with Crippen molar-refractivity contribution in [2.24, 2.45) is 0 Å². The molecule has 0 saturated carbocycles. The van der Waals surface area contributed by atoms with Gasteiger partial charge in [-0.1, -0.05) is 15.9 Å². The smallest absolute Gasteiger partial charge is 0.362 e. The molecule has 0 spiro atoms. The molecule has 1 aromatic heterocycles. The van der Waals surface area contributed by atoms with Crippen molar-refractivity contribution in [1.29, 1.82) is 0 Å². The Labute approximate surface area is 118 Å². The lowest BCUT2D eigenvalue weighted by Crippen LogP contribution is -2.01. The molecule has 0 saturated heterocycles. The van der Waals surface area contributed by atoms with Gasteiger partial charge in [-0.3, -0.25) is 0 Å². The first-order valence-corrected chi connectivity index (χ1v) is 6.45. The Morgan fingerprint density at radius 2 is 2.26 bits per heavy atom. The second-order valence-corrected chi connectivity index (χ2v) is 4.71. The molecule has 19 heavy (non-hydrogen) atoms. The fourth-order valence-corrected chi connectivity index (χ4v) is 1.82. The first kappa shape index (κ1) is 13.6. The Hall–Kier alpha value is -1.82. The summed E-state index contributed by atoms with van der Waals surface area (Å²) in [6.45, 7) is 3.99. The van der Waals surface area contributed by atoms with Gasteiger partial charge in [0.05, 0.1) is 6.61 Å². The number of carboxylic acids is 1. The van der Waals surface area contributed by atoms with Gasteiger partial charge in [-0.15, -0.1) is 0 Å². The van der Waals surface area contributed by atoms with Gasteiger partial charge in [0.1, 0.15) is 0 Å². The molecule has 2 rings (SSSR count). The molecule has 0 unspecified atom stereocenters. The van der Waals surface area contributed by atoms with Crippen molar-refractivity contribution in [2.75, 3.05) is 6.61 Å². The number of carboxylic acid groups (broad SMARTS) is 1. The lowest BCUT2D eigenvalue weighted by atomic mass is 10.1. The van der Waals surface area contributed by atoms with Crippen LogP contribution in [-0.2, 0) is 0 Å². The number of aryl methyl sites for hydroxylation is 1. The molecule has 0 aliphatic rings. The highest BCUT2D eigenvalue weighted by molar-refractivity contribution is 9.10. The number of nitrogens with zero attached hydrogens (tertiary/aromatic N) is 1. The van der Waals surface area contributed by atoms with E-state index in [1.54, 1.807) is 13.0 Å². The van der Waals surface area contributed by atoms with E-state index in [-0.39, 0.29) is 17.5 Å². The maximum Gasteiger partial charge on any atom is 0.362 e. The first-order valence-electron chi connectivity index (χ1n) is 5.66. The van der Waals surface area contributed by atoms with Gasteiger partial charge >= 0.3 is 11.9 Å². The number of rotatable bonds is 4. The van der Waals surface area contributed by atoms with Gasteiger partial charge in [0.2, 0.25) is 11.6 Å². The average molecular weight is 326 g/mol. The Morgan fingerprint density at radius 1 is 1.53 bits per heavy atom. The van der Waals surface area contributed by atoms with E-state index in [0.29, 0.717) is 12.2 Å². The van der Waals surface area contributed by atoms with Crippen LogP contribution in [0, 0.1) is 6.92 Å². The molecule has 0 amide bonds. The van der Waals surface area contributed by atoms with Crippen molar-refractivity contribution in [2.45, 2.75) is 13.8 Å². The predicted molar refractivity (Wildman–Crippen MR) is 72.5 cm³/mol. The highest BCUT2D eigenvalue weighted by Gasteiger charge is 2.21. The minimum Gasteiger partial charge on any atom is -0.476 e. The molecule has 0 atom stereocenters. The Morgan fingerprint density at radius 3 is 2.84 bits per heavy atom. The maximum absolute atomic E-state index is 11.1. The molecule has 5 nitrogen and oxygen atoms in total. The largest absolute Gasteiger partial charge is 0.476 e. The van der Waals surface area contributed by atoms with E-state index >= 15 is 0 Å². The molecule has 1 N–H and O–H groups in total. The molecule has 100 valence electrons. The lowest BCUT2D eigenvalue weighted by Gasteiger charge is -2.00. The summed E-state index contributed by atoms with van der Waals surface area (Å²) in [6, 6.07) is 5.51. The van der Waals surface area contributed by atoms with Crippen molar-refractivity contribution >= 4 is 21.9 Å². The number of aromatic nitrogens is 1. The number of carbonyl (C=O) groups is 1. The van der Waals surface area contributed by atoms with Crippen LogP contribution in [0.5, 0.6) is 5.95 Å². The Balaban J connectivity index is 2.47. The van der Waals surface area contributed by atoms with Gasteiger partial charge in [0.15, 0.2) is 0 Å². The molecule has 1 aromatic carbocycles. The molecule has 2 aromatic rings. The van der Waals surface area contributed by atoms with Crippen LogP contribution < -0.4 is 4.74 Å². The minimum atomic E-state index is -1.17. The number of ether oxygens (including phenoxy) is 1. The number of benzene rings is 1. The summed E-state index contributed by atoms with van der Waals surface area (Å²) in [5, 5.41) is 9.04. The van der Waals surface area contributed by atoms with E-state index in [4.69, 9.17) is 14.3 Å². The van der Waals surface area contributed by atoms with Gasteiger partial charge in [0.25, 0.3) is 0 Å². The van der Waals surface area contributed by atoms with E-state index in [0.717, 1.165) is 10.0 Å². The van der Waals surface area contributed by atoms with E-state index in [2.05, 4.69) is 20.9 Å². The van der Waals surface area contributed by atoms with Gasteiger partial charge < -0.3 is 14.3 Å². The SMILES string of the molecule is CCOc1oc(-c2ccc(Br)c(C)c2)nc1C(=O)O. The fourth-order valence-electron chi connectivity index (χ4n) is 1.57. The third-order valence-corrected chi connectivity index (χ3v) is 3.37. The third kappa shape index (κ3) is 2.78. The van der Waals surface area contributed by atoms with Crippen molar-refractivity contribution in [3.05, 3.63) is 33.9 Å². The number of oxazole rings is 1. The van der Waals surface area contributed by atoms with Crippen molar-refractivity contribution < 1.29 is 19.1 Å². The van der Waals surface area contributed by atoms with Crippen molar-refractivity contribution in [3.8, 4) is 17.4 Å². The Bertz CT molecular complexity index is 621. The van der Waals surface area contributed by atoms with Crippen LogP contribution in [0.4, 0.5) is 0 Å². The number of aromatic carboxylic acids is 1. The van der Waals surface area contributed by atoms with Gasteiger partial charge in [0, 0.05) is 10.0 Å². The van der Waals surface area contributed by atoms with Crippen molar-refractivity contribution in [3.63, 3.8) is 0 Å². The summed E-state index contributed by atoms with van der Waals surface area (Å²) in [4.78, 5) is 15.0. The summed E-state index contributed by atoms with van der Waals surface area (Å²) in [5.74, 6) is -1.01. The fraction of sp³-hybridized carbons (Fsp3) is 0.231. The Kier molecular flexibility index (Phi) is 3.90. The molecule has 0 bridgehead atoms. The molecular formula is C13H12BrNO4. The van der Waals surface area contributed by atoms with E-state index in [1.165, 1.54) is 0 Å². The van der Waals surface area contributed by atoms with Crippen LogP contribution in [0.2, 0.25) is 0 Å². The summed E-state index contributed by atoms with van der Waals surface area (Å²) >= 11 is 3.40. The minimum absolute atomic E-state index is 0.0643. The topological polar surface area (TPSA) is 72.6 Å². The van der Waals surface area contributed by atoms with Crippen LogP contribution in [0.3, 0.4) is 0 Å². The van der Waals surface area contributed by atoms with Crippen LogP contribution in [0.1, 0.15) is 23.0 Å². The number of hydrogen-bond acceptors (Lipinski definition) is 4. The average Bonchev–Trinajstić information content (AvgIpc) is 2.77. The molecule has 0 aliphatic heterocycles. The van der Waals surface area contributed by atoms with Crippen LogP contribution in [-0.4, -0.2) is 22.7 Å². The zero-order valence-electron chi connectivity index (χ0n) is 10.4. The van der Waals surface area contributed by atoms with E-state index in [9.17, 15) is 4.79 Å².